The first-order valence-electron chi connectivity index (χ1n) is 10.2. The highest BCUT2D eigenvalue weighted by Gasteiger charge is 2.18. The summed E-state index contributed by atoms with van der Waals surface area (Å²) >= 11 is 0. The Labute approximate surface area is 194 Å². The van der Waals surface area contributed by atoms with Crippen molar-refractivity contribution in [2.75, 3.05) is 10.0 Å². The van der Waals surface area contributed by atoms with E-state index in [0.717, 1.165) is 10.9 Å². The molecule has 1 amide bonds. The lowest BCUT2D eigenvalue weighted by Gasteiger charge is -2.15. The minimum absolute atomic E-state index is 0.0107. The smallest absolute Gasteiger partial charge is 0.336 e. The molecule has 0 aliphatic heterocycles. The van der Waals surface area contributed by atoms with Gasteiger partial charge in [0, 0.05) is 29.3 Å². The Morgan fingerprint density at radius 2 is 1.79 bits per heavy atom. The zero-order valence-electron chi connectivity index (χ0n) is 18.5. The van der Waals surface area contributed by atoms with Gasteiger partial charge in [-0.2, -0.15) is 0 Å². The van der Waals surface area contributed by atoms with Crippen molar-refractivity contribution < 1.29 is 26.9 Å². The highest BCUT2D eigenvalue weighted by atomic mass is 32.2. The predicted molar refractivity (Wildman–Crippen MR) is 124 cm³/mol. The van der Waals surface area contributed by atoms with Crippen molar-refractivity contribution in [1.29, 1.82) is 0 Å². The van der Waals surface area contributed by atoms with Crippen molar-refractivity contribution >= 4 is 38.4 Å². The fourth-order valence-corrected chi connectivity index (χ4v) is 4.19. The number of hydrogen-bond acceptors (Lipinski definition) is 8. The third-order valence-electron chi connectivity index (χ3n) is 4.90. The molecule has 0 aliphatic carbocycles. The molecule has 0 fully saturated rings. The summed E-state index contributed by atoms with van der Waals surface area (Å²) in [5.41, 5.74) is 1.06. The number of carbonyl (C=O) groups is 1. The summed E-state index contributed by atoms with van der Waals surface area (Å²) in [6.07, 6.45) is -0.880. The van der Waals surface area contributed by atoms with Gasteiger partial charge in [-0.05, 0) is 62.7 Å². The number of aryl methyl sites for hydroxylation is 2. The van der Waals surface area contributed by atoms with Gasteiger partial charge in [-0.25, -0.2) is 13.2 Å². The third kappa shape index (κ3) is 5.09. The lowest BCUT2D eigenvalue weighted by Crippen LogP contribution is -2.30. The summed E-state index contributed by atoms with van der Waals surface area (Å²) in [6, 6.07) is 13.5. The highest BCUT2D eigenvalue weighted by Crippen LogP contribution is 2.23. The largest absolute Gasteiger partial charge is 0.481 e. The van der Waals surface area contributed by atoms with Crippen LogP contribution < -0.4 is 20.4 Å². The number of anilines is 2. The predicted octanol–water partition coefficient (Wildman–Crippen LogP) is 3.60. The number of rotatable bonds is 7. The number of benzene rings is 2. The molecule has 176 valence electrons. The van der Waals surface area contributed by atoms with Crippen molar-refractivity contribution in [2.24, 2.45) is 0 Å². The van der Waals surface area contributed by atoms with Crippen LogP contribution in [0.1, 0.15) is 18.2 Å². The normalized spacial score (nSPS) is 12.3. The minimum atomic E-state index is -3.87. The third-order valence-corrected chi connectivity index (χ3v) is 6.27. The summed E-state index contributed by atoms with van der Waals surface area (Å²) in [5, 5.41) is 7.04. The molecule has 0 saturated heterocycles. The molecule has 4 aromatic rings. The number of sulfonamides is 1. The molecule has 0 bridgehead atoms. The Morgan fingerprint density at radius 3 is 2.47 bits per heavy atom. The molecular formula is C23H21N3O7S. The van der Waals surface area contributed by atoms with Crippen LogP contribution in [0.25, 0.3) is 11.0 Å². The van der Waals surface area contributed by atoms with Gasteiger partial charge in [0.15, 0.2) is 11.9 Å². The molecule has 0 saturated carbocycles. The van der Waals surface area contributed by atoms with Crippen LogP contribution in [0.3, 0.4) is 0 Å². The van der Waals surface area contributed by atoms with E-state index in [1.165, 1.54) is 36.4 Å². The lowest BCUT2D eigenvalue weighted by molar-refractivity contribution is -0.122. The second-order valence-electron chi connectivity index (χ2n) is 7.61. The average Bonchev–Trinajstić information content (AvgIpc) is 3.17. The fourth-order valence-electron chi connectivity index (χ4n) is 3.21. The molecule has 2 heterocycles. The van der Waals surface area contributed by atoms with Crippen molar-refractivity contribution in [2.45, 2.75) is 31.8 Å². The summed E-state index contributed by atoms with van der Waals surface area (Å²) in [7, 11) is -3.87. The molecule has 2 N–H and O–H groups in total. The van der Waals surface area contributed by atoms with Gasteiger partial charge in [-0.3, -0.25) is 9.52 Å². The number of aromatic nitrogens is 1. The summed E-state index contributed by atoms with van der Waals surface area (Å²) in [5.74, 6) is 0.455. The quantitative estimate of drug-likeness (QED) is 0.380. The van der Waals surface area contributed by atoms with E-state index in [0.29, 0.717) is 22.8 Å². The first-order chi connectivity index (χ1) is 16.1. The number of nitrogens with zero attached hydrogens (tertiary/aromatic N) is 1. The molecule has 2 aromatic carbocycles. The van der Waals surface area contributed by atoms with Crippen LogP contribution in [-0.2, 0) is 14.8 Å². The molecule has 4 rings (SSSR count). The fraction of sp³-hybridized carbons (Fsp3) is 0.174. The maximum absolute atomic E-state index is 12.6. The summed E-state index contributed by atoms with van der Waals surface area (Å²) in [4.78, 5) is 24.2. The van der Waals surface area contributed by atoms with E-state index in [9.17, 15) is 18.0 Å². The van der Waals surface area contributed by atoms with E-state index >= 15 is 0 Å². The summed E-state index contributed by atoms with van der Waals surface area (Å²) < 4.78 is 43.0. The Hall–Kier alpha value is -4.12. The van der Waals surface area contributed by atoms with Gasteiger partial charge >= 0.3 is 5.63 Å². The maximum atomic E-state index is 12.6. The SMILES string of the molecule is Cc1cc(NS(=O)(=O)c2ccc(NC(=O)[C@@H](C)Oc3ccc4c(C)cc(=O)oc4c3)cc2)no1. The van der Waals surface area contributed by atoms with Crippen LogP contribution in [-0.4, -0.2) is 25.6 Å². The Balaban J connectivity index is 1.41. The van der Waals surface area contributed by atoms with Gasteiger partial charge in [0.05, 0.1) is 4.90 Å². The summed E-state index contributed by atoms with van der Waals surface area (Å²) in [6.45, 7) is 5.01. The van der Waals surface area contributed by atoms with Gasteiger partial charge < -0.3 is 19.0 Å². The number of ether oxygens (including phenoxy) is 1. The first-order valence-corrected chi connectivity index (χ1v) is 11.7. The first kappa shape index (κ1) is 23.1. The van der Waals surface area contributed by atoms with E-state index in [1.54, 1.807) is 39.0 Å². The second kappa shape index (κ2) is 9.02. The van der Waals surface area contributed by atoms with Gasteiger partial charge in [0.25, 0.3) is 15.9 Å². The van der Waals surface area contributed by atoms with Crippen LogP contribution in [0.5, 0.6) is 5.75 Å². The van der Waals surface area contributed by atoms with E-state index in [4.69, 9.17) is 13.7 Å². The Bertz CT molecular complexity index is 1520. The number of hydrogen-bond donors (Lipinski definition) is 2. The van der Waals surface area contributed by atoms with Crippen molar-refractivity contribution in [3.05, 3.63) is 76.3 Å². The second-order valence-corrected chi connectivity index (χ2v) is 9.29. The van der Waals surface area contributed by atoms with Crippen LogP contribution in [0.2, 0.25) is 0 Å². The molecule has 0 unspecified atom stereocenters. The van der Waals surface area contributed by atoms with Gasteiger partial charge in [-0.15, -0.1) is 0 Å². The molecule has 1 atom stereocenters. The van der Waals surface area contributed by atoms with Crippen molar-refractivity contribution in [3.8, 4) is 5.75 Å². The van der Waals surface area contributed by atoms with Crippen LogP contribution >= 0.6 is 0 Å². The molecule has 0 spiro atoms. The van der Waals surface area contributed by atoms with E-state index in [2.05, 4.69) is 15.2 Å². The molecular weight excluding hydrogens is 462 g/mol. The van der Waals surface area contributed by atoms with E-state index in [1.807, 2.05) is 0 Å². The molecule has 0 aliphatic rings. The van der Waals surface area contributed by atoms with Crippen molar-refractivity contribution in [1.82, 2.24) is 5.16 Å². The number of carbonyl (C=O) groups excluding carboxylic acids is 1. The van der Waals surface area contributed by atoms with Crippen LogP contribution in [0.15, 0.2) is 73.2 Å². The van der Waals surface area contributed by atoms with Gasteiger partial charge in [-0.1, -0.05) is 5.16 Å². The monoisotopic (exact) mass is 483 g/mol. The molecule has 0 radical (unpaired) electrons. The molecule has 10 nitrogen and oxygen atoms in total. The maximum Gasteiger partial charge on any atom is 0.336 e. The Kier molecular flexibility index (Phi) is 6.12. The van der Waals surface area contributed by atoms with E-state index < -0.39 is 27.7 Å². The average molecular weight is 484 g/mol. The highest BCUT2D eigenvalue weighted by molar-refractivity contribution is 7.92. The van der Waals surface area contributed by atoms with E-state index in [-0.39, 0.29) is 10.7 Å². The zero-order chi connectivity index (χ0) is 24.5. The number of nitrogens with one attached hydrogen (secondary N) is 2. The van der Waals surface area contributed by atoms with Gasteiger partial charge in [0.2, 0.25) is 0 Å². The topological polar surface area (TPSA) is 141 Å². The van der Waals surface area contributed by atoms with Gasteiger partial charge in [0.1, 0.15) is 17.1 Å². The number of fused-ring (bicyclic) bond motifs is 1. The molecule has 11 heteroatoms. The molecule has 34 heavy (non-hydrogen) atoms. The lowest BCUT2D eigenvalue weighted by atomic mass is 10.1. The minimum Gasteiger partial charge on any atom is -0.481 e. The Morgan fingerprint density at radius 1 is 1.06 bits per heavy atom. The number of amides is 1. The molecule has 2 aromatic heterocycles. The standard InChI is InChI=1S/C23H21N3O7S/c1-13-10-22(27)32-20-12-17(6-9-19(13)20)31-15(3)23(28)24-16-4-7-18(8-5-16)34(29,30)26-21-11-14(2)33-25-21/h4-12,15H,1-3H3,(H,24,28)(H,25,26)/t15-/m1/s1. The van der Waals surface area contributed by atoms with Crippen LogP contribution in [0.4, 0.5) is 11.5 Å². The van der Waals surface area contributed by atoms with Crippen molar-refractivity contribution in [3.63, 3.8) is 0 Å². The van der Waals surface area contributed by atoms with Crippen LogP contribution in [0, 0.1) is 13.8 Å². The zero-order valence-corrected chi connectivity index (χ0v) is 19.3.